The highest BCUT2D eigenvalue weighted by atomic mass is 16.1. The van der Waals surface area contributed by atoms with E-state index in [1.165, 1.54) is 37.1 Å². The summed E-state index contributed by atoms with van der Waals surface area (Å²) in [6, 6.07) is 17.3. The van der Waals surface area contributed by atoms with Crippen LogP contribution in [0.3, 0.4) is 0 Å². The van der Waals surface area contributed by atoms with Crippen molar-refractivity contribution in [3.05, 3.63) is 59.7 Å². The molecule has 2 heterocycles. The number of Topliss-reactive ketones (excluding diaryl/α,β-unsaturated/α-hetero) is 1. The fourth-order valence-corrected chi connectivity index (χ4v) is 4.60. The Hall–Kier alpha value is -2.29. The predicted molar refractivity (Wildman–Crippen MR) is 118 cm³/mol. The molecule has 28 heavy (non-hydrogen) atoms. The molecule has 2 aromatic rings. The van der Waals surface area contributed by atoms with Crippen LogP contribution in [-0.2, 0) is 4.79 Å². The maximum atomic E-state index is 13.1. The van der Waals surface area contributed by atoms with E-state index in [0.29, 0.717) is 5.78 Å². The van der Waals surface area contributed by atoms with Gasteiger partial charge in [-0.3, -0.25) is 4.79 Å². The lowest BCUT2D eigenvalue weighted by Crippen LogP contribution is -2.19. The molecule has 0 aliphatic carbocycles. The Morgan fingerprint density at radius 2 is 0.964 bits per heavy atom. The van der Waals surface area contributed by atoms with Gasteiger partial charge >= 0.3 is 0 Å². The molecule has 2 atom stereocenters. The van der Waals surface area contributed by atoms with Crippen molar-refractivity contribution in [2.24, 2.45) is 0 Å². The Morgan fingerprint density at radius 3 is 1.29 bits per heavy atom. The first-order valence-corrected chi connectivity index (χ1v) is 10.9. The van der Waals surface area contributed by atoms with Crippen molar-refractivity contribution in [3.8, 4) is 0 Å². The molecule has 0 saturated carbocycles. The van der Waals surface area contributed by atoms with E-state index in [4.69, 9.17) is 0 Å². The summed E-state index contributed by atoms with van der Waals surface area (Å²) in [7, 11) is 0. The number of benzene rings is 2. The maximum absolute atomic E-state index is 13.1. The topological polar surface area (TPSA) is 23.6 Å². The van der Waals surface area contributed by atoms with Gasteiger partial charge in [0.15, 0.2) is 0 Å². The molecule has 4 rings (SSSR count). The Kier molecular flexibility index (Phi) is 5.70. The number of nitrogens with zero attached hydrogens (tertiary/aromatic N) is 2. The van der Waals surface area contributed by atoms with Crippen LogP contribution >= 0.6 is 0 Å². The molecule has 0 amide bonds. The second-order valence-corrected chi connectivity index (χ2v) is 8.42. The van der Waals surface area contributed by atoms with Crippen molar-refractivity contribution in [1.82, 2.24) is 0 Å². The summed E-state index contributed by atoms with van der Waals surface area (Å²) < 4.78 is 0. The summed E-state index contributed by atoms with van der Waals surface area (Å²) in [6.07, 6.45) is 5.13. The number of anilines is 2. The molecule has 3 heteroatoms. The Bertz CT molecular complexity index is 717. The van der Waals surface area contributed by atoms with Gasteiger partial charge in [-0.15, -0.1) is 0 Å². The highest BCUT2D eigenvalue weighted by Crippen LogP contribution is 2.30. The molecule has 2 unspecified atom stereocenters. The Morgan fingerprint density at radius 1 is 0.643 bits per heavy atom. The quantitative estimate of drug-likeness (QED) is 0.678. The summed E-state index contributed by atoms with van der Waals surface area (Å²) in [4.78, 5) is 18.0. The minimum Gasteiger partial charge on any atom is -0.372 e. The van der Waals surface area contributed by atoms with Crippen LogP contribution in [0.2, 0.25) is 0 Å². The first-order chi connectivity index (χ1) is 13.6. The van der Waals surface area contributed by atoms with Gasteiger partial charge in [0.1, 0.15) is 5.78 Å². The first-order valence-electron chi connectivity index (χ1n) is 10.9. The van der Waals surface area contributed by atoms with Crippen LogP contribution in [0, 0.1) is 0 Å². The Labute approximate surface area is 169 Å². The lowest BCUT2D eigenvalue weighted by atomic mass is 9.85. The van der Waals surface area contributed by atoms with Crippen molar-refractivity contribution in [3.63, 3.8) is 0 Å². The van der Waals surface area contributed by atoms with Gasteiger partial charge in [-0.1, -0.05) is 38.1 Å². The Balaban J connectivity index is 1.42. The van der Waals surface area contributed by atoms with E-state index in [1.54, 1.807) is 0 Å². The number of hydrogen-bond acceptors (Lipinski definition) is 3. The van der Waals surface area contributed by atoms with E-state index in [2.05, 4.69) is 58.3 Å². The zero-order valence-corrected chi connectivity index (χ0v) is 17.2. The van der Waals surface area contributed by atoms with E-state index < -0.39 is 0 Å². The van der Waals surface area contributed by atoms with Crippen LogP contribution in [0.25, 0.3) is 0 Å². The van der Waals surface area contributed by atoms with Crippen molar-refractivity contribution in [2.45, 2.75) is 51.4 Å². The van der Waals surface area contributed by atoms with Crippen molar-refractivity contribution < 1.29 is 4.79 Å². The van der Waals surface area contributed by atoms with Gasteiger partial charge in [0.2, 0.25) is 0 Å². The van der Waals surface area contributed by atoms with E-state index >= 15 is 0 Å². The molecule has 3 nitrogen and oxygen atoms in total. The molecular weight excluding hydrogens is 344 g/mol. The predicted octanol–water partition coefficient (Wildman–Crippen LogP) is 5.36. The maximum Gasteiger partial charge on any atom is 0.147 e. The summed E-state index contributed by atoms with van der Waals surface area (Å²) >= 11 is 0. The van der Waals surface area contributed by atoms with Crippen LogP contribution in [0.15, 0.2) is 48.5 Å². The third kappa shape index (κ3) is 3.94. The molecule has 2 fully saturated rings. The monoisotopic (exact) mass is 376 g/mol. The summed E-state index contributed by atoms with van der Waals surface area (Å²) in [5.41, 5.74) is 4.81. The number of rotatable bonds is 6. The molecule has 2 aromatic carbocycles. The van der Waals surface area contributed by atoms with Gasteiger partial charge in [-0.2, -0.15) is 0 Å². The van der Waals surface area contributed by atoms with Crippen molar-refractivity contribution >= 4 is 17.2 Å². The standard InChI is InChI=1S/C25H32N2O/c1-19(21-7-11-23(12-8-21)26-15-3-4-16-26)25(28)20(2)22-9-13-24(14-10-22)27-17-5-6-18-27/h7-14,19-20H,3-6,15-18H2,1-2H3. The third-order valence-electron chi connectivity index (χ3n) is 6.58. The fourth-order valence-electron chi connectivity index (χ4n) is 4.60. The lowest BCUT2D eigenvalue weighted by molar-refractivity contribution is -0.121. The van der Waals surface area contributed by atoms with Crippen LogP contribution in [-0.4, -0.2) is 32.0 Å². The molecule has 2 aliphatic heterocycles. The SMILES string of the molecule is CC(C(=O)C(C)c1ccc(N2CCCC2)cc1)c1ccc(N2CCCC2)cc1. The van der Waals surface area contributed by atoms with E-state index in [9.17, 15) is 4.79 Å². The molecule has 0 N–H and O–H groups in total. The number of carbonyl (C=O) groups is 1. The molecule has 148 valence electrons. The van der Waals surface area contributed by atoms with E-state index in [0.717, 1.165) is 37.3 Å². The smallest absolute Gasteiger partial charge is 0.147 e. The second kappa shape index (κ2) is 8.38. The molecule has 0 aromatic heterocycles. The average Bonchev–Trinajstić information content (AvgIpc) is 3.47. The number of hydrogen-bond donors (Lipinski definition) is 0. The van der Waals surface area contributed by atoms with E-state index in [-0.39, 0.29) is 11.8 Å². The van der Waals surface area contributed by atoms with Crippen LogP contribution in [0.4, 0.5) is 11.4 Å². The van der Waals surface area contributed by atoms with Crippen LogP contribution in [0.1, 0.15) is 62.5 Å². The first kappa shape index (κ1) is 19.0. The minimum atomic E-state index is -0.0825. The fraction of sp³-hybridized carbons (Fsp3) is 0.480. The average molecular weight is 377 g/mol. The summed E-state index contributed by atoms with van der Waals surface area (Å²) in [5.74, 6) is 0.129. The highest BCUT2D eigenvalue weighted by Gasteiger charge is 2.23. The van der Waals surface area contributed by atoms with Crippen LogP contribution < -0.4 is 9.80 Å². The van der Waals surface area contributed by atoms with E-state index in [1.807, 2.05) is 13.8 Å². The summed E-state index contributed by atoms with van der Waals surface area (Å²) in [5, 5.41) is 0. The van der Waals surface area contributed by atoms with Gasteiger partial charge in [0.25, 0.3) is 0 Å². The molecule has 0 spiro atoms. The van der Waals surface area contributed by atoms with Crippen LogP contribution in [0.5, 0.6) is 0 Å². The largest absolute Gasteiger partial charge is 0.372 e. The zero-order valence-electron chi connectivity index (χ0n) is 17.2. The number of carbonyl (C=O) groups excluding carboxylic acids is 1. The minimum absolute atomic E-state index is 0.0825. The lowest BCUT2D eigenvalue weighted by Gasteiger charge is -2.21. The molecule has 0 radical (unpaired) electrons. The van der Waals surface area contributed by atoms with Gasteiger partial charge < -0.3 is 9.80 Å². The normalized spacial score (nSPS) is 19.1. The van der Waals surface area contributed by atoms with Gasteiger partial charge in [0, 0.05) is 49.4 Å². The molecule has 2 aliphatic rings. The zero-order chi connectivity index (χ0) is 19.5. The van der Waals surface area contributed by atoms with Crippen molar-refractivity contribution in [2.75, 3.05) is 36.0 Å². The van der Waals surface area contributed by atoms with Gasteiger partial charge in [-0.05, 0) is 61.1 Å². The second-order valence-electron chi connectivity index (χ2n) is 8.42. The third-order valence-corrected chi connectivity index (χ3v) is 6.58. The summed E-state index contributed by atoms with van der Waals surface area (Å²) in [6.45, 7) is 8.69. The highest BCUT2D eigenvalue weighted by molar-refractivity contribution is 5.91. The van der Waals surface area contributed by atoms with Gasteiger partial charge in [0.05, 0.1) is 0 Å². The molecule has 0 bridgehead atoms. The number of ketones is 1. The molecular formula is C25H32N2O. The van der Waals surface area contributed by atoms with Gasteiger partial charge in [-0.25, -0.2) is 0 Å². The van der Waals surface area contributed by atoms with Crippen molar-refractivity contribution in [1.29, 1.82) is 0 Å². The molecule has 2 saturated heterocycles.